The maximum absolute atomic E-state index is 12.6. The summed E-state index contributed by atoms with van der Waals surface area (Å²) in [5.74, 6) is 0.865. The van der Waals surface area contributed by atoms with Gasteiger partial charge in [-0.25, -0.2) is 4.79 Å². The van der Waals surface area contributed by atoms with Crippen molar-refractivity contribution in [3.05, 3.63) is 59.7 Å². The fourth-order valence-electron chi connectivity index (χ4n) is 2.70. The lowest BCUT2D eigenvalue weighted by molar-refractivity contribution is -0.130. The fourth-order valence-corrected chi connectivity index (χ4v) is 2.70. The van der Waals surface area contributed by atoms with Crippen LogP contribution in [0.5, 0.6) is 11.5 Å². The number of benzene rings is 2. The Morgan fingerprint density at radius 1 is 1.10 bits per heavy atom. The van der Waals surface area contributed by atoms with E-state index in [9.17, 15) is 9.59 Å². The zero-order valence-corrected chi connectivity index (χ0v) is 17.9. The normalized spacial score (nSPS) is 11.7. The van der Waals surface area contributed by atoms with Gasteiger partial charge in [0.2, 0.25) is 5.91 Å². The maximum Gasteiger partial charge on any atom is 0.408 e. The summed E-state index contributed by atoms with van der Waals surface area (Å²) >= 11 is 0. The van der Waals surface area contributed by atoms with E-state index in [4.69, 9.17) is 14.7 Å². The average Bonchev–Trinajstić information content (AvgIpc) is 2.65. The molecule has 0 aromatic heterocycles. The van der Waals surface area contributed by atoms with Gasteiger partial charge >= 0.3 is 6.09 Å². The summed E-state index contributed by atoms with van der Waals surface area (Å²) in [7, 11) is 3.27. The number of nitrogens with one attached hydrogen (secondary N) is 1. The van der Waals surface area contributed by atoms with Crippen LogP contribution in [-0.2, 0) is 16.0 Å². The van der Waals surface area contributed by atoms with E-state index in [2.05, 4.69) is 11.4 Å². The third-order valence-electron chi connectivity index (χ3n) is 3.97. The van der Waals surface area contributed by atoms with Crippen LogP contribution >= 0.6 is 0 Å². The molecule has 0 aliphatic carbocycles. The highest BCUT2D eigenvalue weighted by atomic mass is 16.6. The largest absolute Gasteiger partial charge is 0.457 e. The van der Waals surface area contributed by atoms with Crippen LogP contribution < -0.4 is 10.1 Å². The van der Waals surface area contributed by atoms with Crippen LogP contribution in [-0.4, -0.2) is 42.6 Å². The zero-order valence-electron chi connectivity index (χ0n) is 17.9. The Morgan fingerprint density at radius 2 is 1.73 bits per heavy atom. The van der Waals surface area contributed by atoms with Gasteiger partial charge in [0.15, 0.2) is 0 Å². The molecule has 0 fully saturated rings. The summed E-state index contributed by atoms with van der Waals surface area (Å²) in [6.07, 6.45) is -0.380. The molecule has 158 valence electrons. The van der Waals surface area contributed by atoms with Crippen LogP contribution in [0.25, 0.3) is 0 Å². The minimum absolute atomic E-state index is 0.242. The van der Waals surface area contributed by atoms with E-state index < -0.39 is 17.7 Å². The maximum atomic E-state index is 12.6. The smallest absolute Gasteiger partial charge is 0.408 e. The van der Waals surface area contributed by atoms with Crippen molar-refractivity contribution >= 4 is 12.0 Å². The lowest BCUT2D eigenvalue weighted by atomic mass is 10.0. The van der Waals surface area contributed by atoms with Gasteiger partial charge in [-0.3, -0.25) is 4.79 Å². The van der Waals surface area contributed by atoms with E-state index >= 15 is 0 Å². The molecule has 0 saturated heterocycles. The first-order valence-corrected chi connectivity index (χ1v) is 9.55. The van der Waals surface area contributed by atoms with Gasteiger partial charge < -0.3 is 19.7 Å². The minimum atomic E-state index is -0.785. The van der Waals surface area contributed by atoms with Gasteiger partial charge in [-0.05, 0) is 56.7 Å². The predicted molar refractivity (Wildman–Crippen MR) is 113 cm³/mol. The van der Waals surface area contributed by atoms with Crippen molar-refractivity contribution in [1.29, 1.82) is 5.26 Å². The highest BCUT2D eigenvalue weighted by Gasteiger charge is 2.26. The number of alkyl carbamates (subject to hydrolysis) is 1. The molecule has 0 aliphatic rings. The molecule has 1 unspecified atom stereocenters. The lowest BCUT2D eigenvalue weighted by Gasteiger charge is -2.25. The van der Waals surface area contributed by atoms with Crippen LogP contribution in [0.15, 0.2) is 48.5 Å². The number of ether oxygens (including phenoxy) is 2. The molecule has 7 nitrogen and oxygen atoms in total. The molecule has 0 radical (unpaired) electrons. The van der Waals surface area contributed by atoms with Gasteiger partial charge in [0.05, 0.1) is 11.6 Å². The SMILES string of the molecule is CN(C)C(=O)C(Cc1cccc(Oc2cccc(C#N)c2)c1)NC(=O)OC(C)(C)C. The van der Waals surface area contributed by atoms with Crippen molar-refractivity contribution in [3.8, 4) is 17.6 Å². The molecule has 7 heteroatoms. The Balaban J connectivity index is 2.17. The number of carbonyl (C=O) groups excluding carboxylic acids is 2. The van der Waals surface area contributed by atoms with Gasteiger partial charge in [-0.2, -0.15) is 5.26 Å². The first-order valence-electron chi connectivity index (χ1n) is 9.55. The van der Waals surface area contributed by atoms with Crippen molar-refractivity contribution < 1.29 is 19.1 Å². The number of amides is 2. The minimum Gasteiger partial charge on any atom is -0.457 e. The van der Waals surface area contributed by atoms with Crippen molar-refractivity contribution in [2.75, 3.05) is 14.1 Å². The predicted octanol–water partition coefficient (Wildman–Crippen LogP) is 3.87. The number of rotatable bonds is 6. The van der Waals surface area contributed by atoms with E-state index in [0.29, 0.717) is 17.1 Å². The van der Waals surface area contributed by atoms with Crippen molar-refractivity contribution in [2.24, 2.45) is 0 Å². The summed E-state index contributed by atoms with van der Waals surface area (Å²) in [5, 5.41) is 11.7. The Morgan fingerprint density at radius 3 is 2.33 bits per heavy atom. The molecule has 0 bridgehead atoms. The van der Waals surface area contributed by atoms with Gasteiger partial charge in [0.1, 0.15) is 23.1 Å². The van der Waals surface area contributed by atoms with Crippen molar-refractivity contribution in [3.63, 3.8) is 0 Å². The van der Waals surface area contributed by atoms with Crippen LogP contribution in [0.2, 0.25) is 0 Å². The number of nitriles is 1. The van der Waals surface area contributed by atoms with Gasteiger partial charge in [-0.15, -0.1) is 0 Å². The molecule has 1 atom stereocenters. The number of hydrogen-bond donors (Lipinski definition) is 1. The Bertz CT molecular complexity index is 942. The molecule has 0 aliphatic heterocycles. The summed E-state index contributed by atoms with van der Waals surface area (Å²) in [6.45, 7) is 5.28. The van der Waals surface area contributed by atoms with Crippen molar-refractivity contribution in [1.82, 2.24) is 10.2 Å². The highest BCUT2D eigenvalue weighted by molar-refractivity contribution is 5.85. The van der Waals surface area contributed by atoms with Gasteiger partial charge in [-0.1, -0.05) is 18.2 Å². The van der Waals surface area contributed by atoms with Gasteiger partial charge in [0.25, 0.3) is 0 Å². The molecule has 0 saturated carbocycles. The van der Waals surface area contributed by atoms with Crippen molar-refractivity contribution in [2.45, 2.75) is 38.8 Å². The molecule has 0 heterocycles. The summed E-state index contributed by atoms with van der Waals surface area (Å²) < 4.78 is 11.1. The second-order valence-electron chi connectivity index (χ2n) is 8.02. The topological polar surface area (TPSA) is 91.7 Å². The van der Waals surface area contributed by atoms with Crippen LogP contribution in [0.3, 0.4) is 0 Å². The zero-order chi connectivity index (χ0) is 22.3. The monoisotopic (exact) mass is 409 g/mol. The third-order valence-corrected chi connectivity index (χ3v) is 3.97. The Labute approximate surface area is 177 Å². The van der Waals surface area contributed by atoms with E-state index in [1.165, 1.54) is 4.90 Å². The van der Waals surface area contributed by atoms with Crippen LogP contribution in [0.1, 0.15) is 31.9 Å². The molecule has 0 spiro atoms. The van der Waals surface area contributed by atoms with E-state index in [0.717, 1.165) is 5.56 Å². The first-order chi connectivity index (χ1) is 14.1. The van der Waals surface area contributed by atoms with E-state index in [1.54, 1.807) is 71.3 Å². The molecule has 2 aromatic carbocycles. The number of carbonyl (C=O) groups is 2. The summed E-state index contributed by atoms with van der Waals surface area (Å²) in [6, 6.07) is 15.4. The third kappa shape index (κ3) is 7.13. The van der Waals surface area contributed by atoms with Gasteiger partial charge in [0, 0.05) is 20.5 Å². The molecular formula is C23H27N3O4. The standard InChI is InChI=1S/C23H27N3O4/c1-23(2,3)30-22(28)25-20(21(27)26(4)5)14-16-8-6-10-18(12-16)29-19-11-7-9-17(13-19)15-24/h6-13,20H,14H2,1-5H3,(H,25,28). The second-order valence-corrected chi connectivity index (χ2v) is 8.02. The molecular weight excluding hydrogens is 382 g/mol. The number of likely N-dealkylation sites (N-methyl/N-ethyl adjacent to an activating group) is 1. The van der Waals surface area contributed by atoms with E-state index in [-0.39, 0.29) is 12.3 Å². The second kappa shape index (κ2) is 9.79. The highest BCUT2D eigenvalue weighted by Crippen LogP contribution is 2.23. The quantitative estimate of drug-likeness (QED) is 0.782. The molecule has 30 heavy (non-hydrogen) atoms. The Hall–Kier alpha value is -3.53. The first kappa shape index (κ1) is 22.8. The Kier molecular flexibility index (Phi) is 7.43. The van der Waals surface area contributed by atoms with E-state index in [1.807, 2.05) is 12.1 Å². The lowest BCUT2D eigenvalue weighted by Crippen LogP contribution is -2.48. The van der Waals surface area contributed by atoms with Crippen LogP contribution in [0.4, 0.5) is 4.79 Å². The summed E-state index contributed by atoms with van der Waals surface area (Å²) in [5.41, 5.74) is 0.642. The summed E-state index contributed by atoms with van der Waals surface area (Å²) in [4.78, 5) is 26.2. The number of nitrogens with zero attached hydrogens (tertiary/aromatic N) is 2. The fraction of sp³-hybridized carbons (Fsp3) is 0.348. The van der Waals surface area contributed by atoms with Crippen LogP contribution in [0, 0.1) is 11.3 Å². The average molecular weight is 409 g/mol. The molecule has 2 aromatic rings. The molecule has 2 rings (SSSR count). The molecule has 1 N–H and O–H groups in total. The molecule has 2 amide bonds. The number of hydrogen-bond acceptors (Lipinski definition) is 5.